The fourth-order valence-electron chi connectivity index (χ4n) is 3.05. The van der Waals surface area contributed by atoms with Crippen LogP contribution in [0.5, 0.6) is 0 Å². The van der Waals surface area contributed by atoms with Crippen LogP contribution in [0.2, 0.25) is 0 Å². The number of nitrogens with one attached hydrogen (secondary N) is 1. The molecular formula is C15H21NO4. The Morgan fingerprint density at radius 3 is 2.65 bits per heavy atom. The minimum atomic E-state index is -0.861. The average Bonchev–Trinajstić information content (AvgIpc) is 2.95. The standard InChI is InChI=1S/C15H21NO4/c1-14(2)11(6-7-15(14,3)13(18)19)12(17)16-9-10-5-4-8-20-10/h4-5,8,11H,6-7,9H2,1-3H3,(H,16,17)(H,18,19). The van der Waals surface area contributed by atoms with Crippen molar-refractivity contribution in [3.05, 3.63) is 24.2 Å². The number of carbonyl (C=O) groups excluding carboxylic acids is 1. The molecule has 5 heteroatoms. The van der Waals surface area contributed by atoms with E-state index in [0.717, 1.165) is 0 Å². The summed E-state index contributed by atoms with van der Waals surface area (Å²) in [7, 11) is 0. The Balaban J connectivity index is 2.06. The Labute approximate surface area is 118 Å². The van der Waals surface area contributed by atoms with Gasteiger partial charge in [0.2, 0.25) is 5.91 Å². The van der Waals surface area contributed by atoms with Crippen molar-refractivity contribution in [1.82, 2.24) is 5.32 Å². The lowest BCUT2D eigenvalue weighted by atomic mass is 9.65. The number of carboxylic acids is 1. The highest BCUT2D eigenvalue weighted by atomic mass is 16.4. The summed E-state index contributed by atoms with van der Waals surface area (Å²) in [6.45, 7) is 5.80. The van der Waals surface area contributed by atoms with Gasteiger partial charge in [-0.05, 0) is 37.3 Å². The van der Waals surface area contributed by atoms with Gasteiger partial charge in [-0.1, -0.05) is 13.8 Å². The van der Waals surface area contributed by atoms with Crippen molar-refractivity contribution < 1.29 is 19.1 Å². The first-order valence-corrected chi connectivity index (χ1v) is 6.82. The van der Waals surface area contributed by atoms with Crippen molar-refractivity contribution in [3.63, 3.8) is 0 Å². The molecule has 2 unspecified atom stereocenters. The molecule has 0 saturated heterocycles. The Kier molecular flexibility index (Phi) is 3.63. The van der Waals surface area contributed by atoms with Crippen molar-refractivity contribution in [2.75, 3.05) is 0 Å². The van der Waals surface area contributed by atoms with E-state index in [1.54, 1.807) is 25.3 Å². The van der Waals surface area contributed by atoms with Gasteiger partial charge in [-0.2, -0.15) is 0 Å². The minimum absolute atomic E-state index is 0.101. The molecule has 1 amide bonds. The van der Waals surface area contributed by atoms with Crippen LogP contribution in [0.4, 0.5) is 0 Å². The lowest BCUT2D eigenvalue weighted by molar-refractivity contribution is -0.155. The summed E-state index contributed by atoms with van der Waals surface area (Å²) in [6.07, 6.45) is 2.68. The molecule has 2 atom stereocenters. The van der Waals surface area contributed by atoms with E-state index in [1.807, 2.05) is 13.8 Å². The van der Waals surface area contributed by atoms with Crippen LogP contribution in [0.25, 0.3) is 0 Å². The fourth-order valence-corrected chi connectivity index (χ4v) is 3.05. The van der Waals surface area contributed by atoms with Crippen LogP contribution in [0.1, 0.15) is 39.4 Å². The van der Waals surface area contributed by atoms with Crippen molar-refractivity contribution in [2.45, 2.75) is 40.2 Å². The number of rotatable bonds is 4. The van der Waals surface area contributed by atoms with Gasteiger partial charge in [-0.15, -0.1) is 0 Å². The molecule has 1 fully saturated rings. The summed E-state index contributed by atoms with van der Waals surface area (Å²) >= 11 is 0. The van der Waals surface area contributed by atoms with Crippen molar-refractivity contribution in [3.8, 4) is 0 Å². The van der Waals surface area contributed by atoms with Gasteiger partial charge < -0.3 is 14.8 Å². The van der Waals surface area contributed by atoms with Gasteiger partial charge in [0, 0.05) is 5.92 Å². The van der Waals surface area contributed by atoms with Gasteiger partial charge in [-0.25, -0.2) is 0 Å². The molecular weight excluding hydrogens is 258 g/mol. The largest absolute Gasteiger partial charge is 0.481 e. The molecule has 2 rings (SSSR count). The van der Waals surface area contributed by atoms with E-state index in [-0.39, 0.29) is 11.8 Å². The van der Waals surface area contributed by atoms with E-state index in [4.69, 9.17) is 4.42 Å². The van der Waals surface area contributed by atoms with Crippen molar-refractivity contribution in [1.29, 1.82) is 0 Å². The number of carboxylic acid groups (broad SMARTS) is 1. The highest BCUT2D eigenvalue weighted by Crippen LogP contribution is 2.56. The third-order valence-electron chi connectivity index (χ3n) is 5.03. The number of hydrogen-bond acceptors (Lipinski definition) is 3. The molecule has 2 N–H and O–H groups in total. The first-order chi connectivity index (χ1) is 9.29. The molecule has 1 aliphatic carbocycles. The summed E-state index contributed by atoms with van der Waals surface area (Å²) in [5.41, 5.74) is -1.44. The van der Waals surface area contributed by atoms with Crippen LogP contribution >= 0.6 is 0 Å². The number of hydrogen-bond donors (Lipinski definition) is 2. The average molecular weight is 279 g/mol. The summed E-state index contributed by atoms with van der Waals surface area (Å²) < 4.78 is 5.17. The van der Waals surface area contributed by atoms with Crippen molar-refractivity contribution in [2.24, 2.45) is 16.7 Å². The molecule has 0 bridgehead atoms. The maximum atomic E-state index is 12.3. The molecule has 20 heavy (non-hydrogen) atoms. The lowest BCUT2D eigenvalue weighted by Crippen LogP contribution is -2.45. The molecule has 110 valence electrons. The van der Waals surface area contributed by atoms with E-state index in [0.29, 0.717) is 25.1 Å². The highest BCUT2D eigenvalue weighted by molar-refractivity contribution is 5.83. The Hall–Kier alpha value is -1.78. The summed E-state index contributed by atoms with van der Waals surface area (Å²) in [4.78, 5) is 23.8. The number of carbonyl (C=O) groups is 2. The zero-order valence-electron chi connectivity index (χ0n) is 12.1. The van der Waals surface area contributed by atoms with E-state index in [2.05, 4.69) is 5.32 Å². The molecule has 0 aliphatic heterocycles. The molecule has 0 radical (unpaired) electrons. The van der Waals surface area contributed by atoms with Gasteiger partial charge in [-0.3, -0.25) is 9.59 Å². The van der Waals surface area contributed by atoms with E-state index in [1.165, 1.54) is 0 Å². The minimum Gasteiger partial charge on any atom is -0.481 e. The Morgan fingerprint density at radius 2 is 2.15 bits per heavy atom. The quantitative estimate of drug-likeness (QED) is 0.887. The zero-order chi connectivity index (χ0) is 15.0. The van der Waals surface area contributed by atoms with Crippen LogP contribution in [0.3, 0.4) is 0 Å². The third kappa shape index (κ3) is 2.21. The summed E-state index contributed by atoms with van der Waals surface area (Å²) in [5, 5.41) is 12.3. The Bertz CT molecular complexity index is 506. The van der Waals surface area contributed by atoms with Crippen LogP contribution in [-0.4, -0.2) is 17.0 Å². The summed E-state index contributed by atoms with van der Waals surface area (Å²) in [5.74, 6) is -0.533. The SMILES string of the molecule is CC1(C(=O)O)CCC(C(=O)NCc2ccco2)C1(C)C. The molecule has 1 saturated carbocycles. The molecule has 0 aromatic carbocycles. The molecule has 5 nitrogen and oxygen atoms in total. The fraction of sp³-hybridized carbons (Fsp3) is 0.600. The lowest BCUT2D eigenvalue weighted by Gasteiger charge is -2.37. The molecule has 1 aromatic rings. The maximum absolute atomic E-state index is 12.3. The van der Waals surface area contributed by atoms with E-state index < -0.39 is 16.8 Å². The predicted molar refractivity (Wildman–Crippen MR) is 72.8 cm³/mol. The molecule has 1 heterocycles. The second kappa shape index (κ2) is 4.96. The second-order valence-electron chi connectivity index (χ2n) is 6.25. The van der Waals surface area contributed by atoms with Crippen LogP contribution in [0, 0.1) is 16.7 Å². The second-order valence-corrected chi connectivity index (χ2v) is 6.25. The maximum Gasteiger partial charge on any atom is 0.309 e. The van der Waals surface area contributed by atoms with Gasteiger partial charge in [0.25, 0.3) is 0 Å². The molecule has 1 aromatic heterocycles. The smallest absolute Gasteiger partial charge is 0.309 e. The molecule has 1 aliphatic rings. The highest BCUT2D eigenvalue weighted by Gasteiger charge is 2.58. The number of furan rings is 1. The van der Waals surface area contributed by atoms with Gasteiger partial charge in [0.05, 0.1) is 18.2 Å². The predicted octanol–water partition coefficient (Wildman–Crippen LogP) is 2.42. The van der Waals surface area contributed by atoms with Crippen LogP contribution in [0.15, 0.2) is 22.8 Å². The summed E-state index contributed by atoms with van der Waals surface area (Å²) in [6, 6.07) is 3.56. The first kappa shape index (κ1) is 14.6. The number of amides is 1. The van der Waals surface area contributed by atoms with Gasteiger partial charge in [0.15, 0.2) is 0 Å². The third-order valence-corrected chi connectivity index (χ3v) is 5.03. The topological polar surface area (TPSA) is 79.5 Å². The number of aliphatic carboxylic acids is 1. The van der Waals surface area contributed by atoms with Gasteiger partial charge in [0.1, 0.15) is 5.76 Å². The monoisotopic (exact) mass is 279 g/mol. The van der Waals surface area contributed by atoms with E-state index >= 15 is 0 Å². The first-order valence-electron chi connectivity index (χ1n) is 6.82. The van der Waals surface area contributed by atoms with Gasteiger partial charge >= 0.3 is 5.97 Å². The normalized spacial score (nSPS) is 28.2. The van der Waals surface area contributed by atoms with Crippen molar-refractivity contribution >= 4 is 11.9 Å². The Morgan fingerprint density at radius 1 is 1.45 bits per heavy atom. The molecule has 0 spiro atoms. The van der Waals surface area contributed by atoms with E-state index in [9.17, 15) is 14.7 Å². The zero-order valence-corrected chi connectivity index (χ0v) is 12.1. The van der Waals surface area contributed by atoms with Crippen LogP contribution < -0.4 is 5.32 Å². The van der Waals surface area contributed by atoms with Crippen LogP contribution in [-0.2, 0) is 16.1 Å².